The van der Waals surface area contributed by atoms with Crippen molar-refractivity contribution in [1.29, 1.82) is 0 Å². The summed E-state index contributed by atoms with van der Waals surface area (Å²) in [6, 6.07) is 6.38. The number of nitrogens with one attached hydrogen (secondary N) is 1. The maximum atomic E-state index is 12.6. The molecule has 1 atom stereocenters. The average Bonchev–Trinajstić information content (AvgIpc) is 3.03. The third-order valence-corrected chi connectivity index (χ3v) is 3.31. The van der Waals surface area contributed by atoms with E-state index < -0.39 is 35.9 Å². The van der Waals surface area contributed by atoms with Gasteiger partial charge < -0.3 is 15.5 Å². The summed E-state index contributed by atoms with van der Waals surface area (Å²) in [5.41, 5.74) is -2.92. The van der Waals surface area contributed by atoms with E-state index in [9.17, 15) is 27.9 Å². The topological polar surface area (TPSA) is 104 Å². The number of carbonyl (C=O) groups is 2. The molecule has 0 saturated carbocycles. The van der Waals surface area contributed by atoms with Gasteiger partial charge in [-0.3, -0.25) is 4.79 Å². The van der Waals surface area contributed by atoms with Gasteiger partial charge >= 0.3 is 12.1 Å². The third kappa shape index (κ3) is 4.35. The van der Waals surface area contributed by atoms with Crippen LogP contribution in [-0.4, -0.2) is 44.0 Å². The maximum Gasteiger partial charge on any atom is 0.435 e. The van der Waals surface area contributed by atoms with Crippen LogP contribution in [0, 0.1) is 0 Å². The Morgan fingerprint density at radius 1 is 1.28 bits per heavy atom. The number of alkyl halides is 3. The number of aromatic nitrogens is 2. The number of hydrogen-bond acceptors (Lipinski definition) is 4. The van der Waals surface area contributed by atoms with Gasteiger partial charge in [0.1, 0.15) is 0 Å². The summed E-state index contributed by atoms with van der Waals surface area (Å²) in [4.78, 5) is 22.8. The number of halogens is 3. The largest absolute Gasteiger partial charge is 0.479 e. The number of amides is 1. The van der Waals surface area contributed by atoms with E-state index in [1.807, 2.05) is 0 Å². The Balaban J connectivity index is 2.17. The zero-order chi connectivity index (χ0) is 18.8. The summed E-state index contributed by atoms with van der Waals surface area (Å²) in [5, 5.41) is 24.0. The van der Waals surface area contributed by atoms with Gasteiger partial charge in [0.2, 0.25) is 0 Å². The molecule has 3 N–H and O–H groups in total. The lowest BCUT2D eigenvalue weighted by Crippen LogP contribution is -2.46. The molecule has 7 nitrogen and oxygen atoms in total. The summed E-state index contributed by atoms with van der Waals surface area (Å²) in [6.07, 6.45) is -3.47. The zero-order valence-corrected chi connectivity index (χ0v) is 12.9. The standard InChI is InChI=1S/C15H14F3N3O4/c1-14(25,13(23)24)8-19-12(22)9-3-2-4-10(7-9)21-6-5-11(20-21)15(16,17)18/h2-7,25H,8H2,1H3,(H,19,22)(H,23,24). The van der Waals surface area contributed by atoms with Crippen LogP contribution >= 0.6 is 0 Å². The molecule has 0 aliphatic rings. The molecule has 10 heteroatoms. The van der Waals surface area contributed by atoms with Crippen LogP contribution < -0.4 is 5.32 Å². The highest BCUT2D eigenvalue weighted by atomic mass is 19.4. The van der Waals surface area contributed by atoms with Crippen molar-refractivity contribution in [3.05, 3.63) is 47.8 Å². The van der Waals surface area contributed by atoms with Gasteiger partial charge in [0.25, 0.3) is 5.91 Å². The first-order valence-electron chi connectivity index (χ1n) is 6.98. The minimum absolute atomic E-state index is 0.0720. The summed E-state index contributed by atoms with van der Waals surface area (Å²) in [5.74, 6) is -2.19. The number of carboxylic acid groups (broad SMARTS) is 1. The van der Waals surface area contributed by atoms with Crippen molar-refractivity contribution in [3.8, 4) is 5.69 Å². The fourth-order valence-electron chi connectivity index (χ4n) is 1.84. The molecule has 25 heavy (non-hydrogen) atoms. The fraction of sp³-hybridized carbons (Fsp3) is 0.267. The Morgan fingerprint density at radius 2 is 1.96 bits per heavy atom. The molecule has 1 aromatic heterocycles. The van der Waals surface area contributed by atoms with Crippen LogP contribution in [0.25, 0.3) is 5.69 Å². The first kappa shape index (κ1) is 18.5. The molecule has 0 bridgehead atoms. The molecular weight excluding hydrogens is 343 g/mol. The molecule has 1 amide bonds. The highest BCUT2D eigenvalue weighted by Gasteiger charge is 2.33. The number of nitrogens with zero attached hydrogens (tertiary/aromatic N) is 2. The number of carbonyl (C=O) groups excluding carboxylic acids is 1. The van der Waals surface area contributed by atoms with Crippen LogP contribution in [-0.2, 0) is 11.0 Å². The zero-order valence-electron chi connectivity index (χ0n) is 12.9. The number of rotatable bonds is 5. The predicted molar refractivity (Wildman–Crippen MR) is 79.2 cm³/mol. The molecule has 134 valence electrons. The Kier molecular flexibility index (Phi) is 4.84. The molecule has 0 saturated heterocycles. The lowest BCUT2D eigenvalue weighted by Gasteiger charge is -2.18. The van der Waals surface area contributed by atoms with Crippen molar-refractivity contribution in [2.24, 2.45) is 0 Å². The quantitative estimate of drug-likeness (QED) is 0.751. The van der Waals surface area contributed by atoms with Gasteiger partial charge in [-0.15, -0.1) is 0 Å². The molecule has 0 aliphatic carbocycles. The Bertz CT molecular complexity index is 799. The Hall–Kier alpha value is -2.88. The highest BCUT2D eigenvalue weighted by molar-refractivity contribution is 5.95. The van der Waals surface area contributed by atoms with Crippen molar-refractivity contribution in [1.82, 2.24) is 15.1 Å². The minimum atomic E-state index is -4.58. The molecule has 1 heterocycles. The molecular formula is C15H14F3N3O4. The van der Waals surface area contributed by atoms with Crippen molar-refractivity contribution in [3.63, 3.8) is 0 Å². The molecule has 2 rings (SSSR count). The lowest BCUT2D eigenvalue weighted by atomic mass is 10.1. The number of aliphatic hydroxyl groups is 1. The van der Waals surface area contributed by atoms with Gasteiger partial charge in [0.15, 0.2) is 11.3 Å². The van der Waals surface area contributed by atoms with Gasteiger partial charge in [0, 0.05) is 11.8 Å². The first-order chi connectivity index (χ1) is 11.5. The summed E-state index contributed by atoms with van der Waals surface area (Å²) in [6.45, 7) is 0.486. The Labute approximate surface area is 139 Å². The number of benzene rings is 1. The van der Waals surface area contributed by atoms with Crippen molar-refractivity contribution >= 4 is 11.9 Å². The van der Waals surface area contributed by atoms with Crippen LogP contribution in [0.15, 0.2) is 36.5 Å². The second-order valence-corrected chi connectivity index (χ2v) is 5.46. The van der Waals surface area contributed by atoms with Crippen LogP contribution in [0.1, 0.15) is 23.0 Å². The lowest BCUT2D eigenvalue weighted by molar-refractivity contribution is -0.155. The SMILES string of the molecule is CC(O)(CNC(=O)c1cccc(-n2ccc(C(F)(F)F)n2)c1)C(=O)O. The van der Waals surface area contributed by atoms with Gasteiger partial charge in [-0.2, -0.15) is 18.3 Å². The van der Waals surface area contributed by atoms with Crippen molar-refractivity contribution in [2.75, 3.05) is 6.54 Å². The second kappa shape index (κ2) is 6.55. The van der Waals surface area contributed by atoms with E-state index in [2.05, 4.69) is 10.4 Å². The van der Waals surface area contributed by atoms with Gasteiger partial charge in [-0.05, 0) is 31.2 Å². The van der Waals surface area contributed by atoms with Gasteiger partial charge in [-0.1, -0.05) is 6.07 Å². The van der Waals surface area contributed by atoms with E-state index in [1.54, 1.807) is 0 Å². The van der Waals surface area contributed by atoms with Crippen LogP contribution in [0.3, 0.4) is 0 Å². The van der Waals surface area contributed by atoms with E-state index in [1.165, 1.54) is 24.3 Å². The van der Waals surface area contributed by atoms with Crippen LogP contribution in [0.4, 0.5) is 13.2 Å². The smallest absolute Gasteiger partial charge is 0.435 e. The number of aliphatic carboxylic acids is 1. The second-order valence-electron chi connectivity index (χ2n) is 5.46. The van der Waals surface area contributed by atoms with Gasteiger partial charge in [0.05, 0.1) is 12.2 Å². The number of carboxylic acids is 1. The fourth-order valence-corrected chi connectivity index (χ4v) is 1.84. The number of hydrogen-bond donors (Lipinski definition) is 3. The molecule has 1 unspecified atom stereocenters. The predicted octanol–water partition coefficient (Wildman–Crippen LogP) is 1.46. The normalized spacial score (nSPS) is 14.0. The van der Waals surface area contributed by atoms with Crippen molar-refractivity contribution in [2.45, 2.75) is 18.7 Å². The van der Waals surface area contributed by atoms with Crippen LogP contribution in [0.2, 0.25) is 0 Å². The van der Waals surface area contributed by atoms with Crippen molar-refractivity contribution < 1.29 is 33.0 Å². The molecule has 2 aromatic rings. The highest BCUT2D eigenvalue weighted by Crippen LogP contribution is 2.27. The van der Waals surface area contributed by atoms with E-state index in [4.69, 9.17) is 5.11 Å². The molecule has 0 aliphatic heterocycles. The summed E-state index contributed by atoms with van der Waals surface area (Å²) < 4.78 is 38.7. The summed E-state index contributed by atoms with van der Waals surface area (Å²) >= 11 is 0. The van der Waals surface area contributed by atoms with E-state index >= 15 is 0 Å². The molecule has 0 radical (unpaired) electrons. The average molecular weight is 357 g/mol. The first-order valence-corrected chi connectivity index (χ1v) is 6.98. The van der Waals surface area contributed by atoms with Crippen LogP contribution in [0.5, 0.6) is 0 Å². The maximum absolute atomic E-state index is 12.6. The van der Waals surface area contributed by atoms with Gasteiger partial charge in [-0.25, -0.2) is 9.48 Å². The Morgan fingerprint density at radius 3 is 2.52 bits per heavy atom. The summed E-state index contributed by atoms with van der Waals surface area (Å²) in [7, 11) is 0. The molecule has 0 fully saturated rings. The van der Waals surface area contributed by atoms with E-state index in [0.29, 0.717) is 0 Å². The minimum Gasteiger partial charge on any atom is -0.479 e. The third-order valence-electron chi connectivity index (χ3n) is 3.31. The van der Waals surface area contributed by atoms with E-state index in [0.717, 1.165) is 23.9 Å². The monoisotopic (exact) mass is 357 g/mol. The van der Waals surface area contributed by atoms with E-state index in [-0.39, 0.29) is 11.3 Å². The molecule has 0 spiro atoms. The molecule has 1 aromatic carbocycles.